The van der Waals surface area contributed by atoms with Gasteiger partial charge in [0.1, 0.15) is 17.5 Å². The highest BCUT2D eigenvalue weighted by Crippen LogP contribution is 2.40. The van der Waals surface area contributed by atoms with Gasteiger partial charge in [-0.2, -0.15) is 0 Å². The van der Waals surface area contributed by atoms with Gasteiger partial charge in [-0.25, -0.2) is 4.39 Å². The van der Waals surface area contributed by atoms with Crippen LogP contribution in [0.3, 0.4) is 0 Å². The van der Waals surface area contributed by atoms with Crippen LogP contribution in [0.5, 0.6) is 0 Å². The molecule has 7 heteroatoms. The minimum atomic E-state index is -1.39. The maximum atomic E-state index is 14.7. The summed E-state index contributed by atoms with van der Waals surface area (Å²) in [5, 5.41) is 0. The largest absolute Gasteiger partial charge is 0.458 e. The number of nitrogens with zero attached hydrogens (tertiary/aromatic N) is 2. The number of rotatable bonds is 5. The first kappa shape index (κ1) is 18.7. The van der Waals surface area contributed by atoms with E-state index in [4.69, 9.17) is 4.42 Å². The van der Waals surface area contributed by atoms with Gasteiger partial charge in [-0.1, -0.05) is 24.3 Å². The van der Waals surface area contributed by atoms with E-state index in [2.05, 4.69) is 4.98 Å². The number of aromatic nitrogens is 1. The lowest BCUT2D eigenvalue weighted by atomic mass is 9.88. The Kier molecular flexibility index (Phi) is 4.80. The van der Waals surface area contributed by atoms with E-state index in [0.29, 0.717) is 11.3 Å². The topological polar surface area (TPSA) is 80.5 Å². The van der Waals surface area contributed by atoms with E-state index in [1.807, 2.05) is 0 Å². The van der Waals surface area contributed by atoms with E-state index in [1.165, 1.54) is 29.2 Å². The molecule has 0 spiro atoms. The molecule has 1 aliphatic rings. The van der Waals surface area contributed by atoms with E-state index in [0.717, 1.165) is 0 Å². The Morgan fingerprint density at radius 2 is 1.93 bits per heavy atom. The molecule has 1 amide bonds. The number of hydrogen-bond acceptors (Lipinski definition) is 5. The Labute approximate surface area is 166 Å². The summed E-state index contributed by atoms with van der Waals surface area (Å²) in [5.74, 6) is -3.85. The van der Waals surface area contributed by atoms with Crippen LogP contribution in [0, 0.1) is 18.7 Å². The molecule has 2 unspecified atom stereocenters. The molecule has 0 aliphatic carbocycles. The van der Waals surface area contributed by atoms with Gasteiger partial charge in [0.05, 0.1) is 6.04 Å². The fourth-order valence-corrected chi connectivity index (χ4v) is 3.63. The number of halogens is 1. The van der Waals surface area contributed by atoms with Crippen molar-refractivity contribution in [1.29, 1.82) is 0 Å². The first-order chi connectivity index (χ1) is 14.0. The van der Waals surface area contributed by atoms with Crippen molar-refractivity contribution in [1.82, 2.24) is 9.88 Å². The number of carbonyl (C=O) groups is 3. The summed E-state index contributed by atoms with van der Waals surface area (Å²) in [6.45, 7) is 1.69. The van der Waals surface area contributed by atoms with Crippen molar-refractivity contribution < 1.29 is 23.2 Å². The van der Waals surface area contributed by atoms with Crippen LogP contribution in [-0.2, 0) is 16.1 Å². The standard InChI is InChI=1S/C22H17FN2O4/c1-13-8-9-17(29-13)20(26)18-19(15-6-2-3-7-16(15)23)25(22(28)21(18)27)12-14-5-4-10-24-11-14/h2-11,18-19H,12H2,1H3. The highest BCUT2D eigenvalue weighted by atomic mass is 19.1. The second-order valence-corrected chi connectivity index (χ2v) is 6.88. The van der Waals surface area contributed by atoms with Gasteiger partial charge in [0, 0.05) is 24.5 Å². The Balaban J connectivity index is 1.80. The van der Waals surface area contributed by atoms with Gasteiger partial charge >= 0.3 is 0 Å². The molecule has 0 saturated carbocycles. The number of carbonyl (C=O) groups excluding carboxylic acids is 3. The van der Waals surface area contributed by atoms with Gasteiger partial charge in [-0.15, -0.1) is 0 Å². The number of pyridine rings is 1. The number of likely N-dealkylation sites (tertiary alicyclic amines) is 1. The fourth-order valence-electron chi connectivity index (χ4n) is 3.63. The van der Waals surface area contributed by atoms with E-state index in [9.17, 15) is 18.8 Å². The molecule has 1 aliphatic heterocycles. The van der Waals surface area contributed by atoms with E-state index >= 15 is 0 Å². The summed E-state index contributed by atoms with van der Waals surface area (Å²) in [7, 11) is 0. The minimum Gasteiger partial charge on any atom is -0.458 e. The first-order valence-electron chi connectivity index (χ1n) is 9.06. The van der Waals surface area contributed by atoms with Crippen LogP contribution in [0.1, 0.15) is 33.5 Å². The molecule has 3 heterocycles. The third kappa shape index (κ3) is 3.35. The van der Waals surface area contributed by atoms with Gasteiger partial charge in [0.25, 0.3) is 5.91 Å². The highest BCUT2D eigenvalue weighted by Gasteiger charge is 2.53. The second-order valence-electron chi connectivity index (χ2n) is 6.88. The molecule has 0 bridgehead atoms. The Hall–Kier alpha value is -3.61. The van der Waals surface area contributed by atoms with Crippen molar-refractivity contribution in [2.24, 2.45) is 5.92 Å². The molecular weight excluding hydrogens is 375 g/mol. The van der Waals surface area contributed by atoms with Crippen LogP contribution >= 0.6 is 0 Å². The number of ketones is 2. The van der Waals surface area contributed by atoms with Crippen molar-refractivity contribution in [3.63, 3.8) is 0 Å². The van der Waals surface area contributed by atoms with Crippen LogP contribution in [0.4, 0.5) is 4.39 Å². The van der Waals surface area contributed by atoms with Crippen LogP contribution in [0.15, 0.2) is 65.3 Å². The zero-order valence-electron chi connectivity index (χ0n) is 15.5. The molecule has 2 aromatic heterocycles. The Morgan fingerprint density at radius 3 is 2.59 bits per heavy atom. The molecular formula is C22H17FN2O4. The Morgan fingerprint density at radius 1 is 1.14 bits per heavy atom. The first-order valence-corrected chi connectivity index (χ1v) is 9.06. The van der Waals surface area contributed by atoms with E-state index in [-0.39, 0.29) is 17.9 Å². The number of benzene rings is 1. The highest BCUT2D eigenvalue weighted by molar-refractivity contribution is 6.43. The lowest BCUT2D eigenvalue weighted by Gasteiger charge is -2.27. The summed E-state index contributed by atoms with van der Waals surface area (Å²) in [6, 6.07) is 11.3. The number of Topliss-reactive ketones (excluding diaryl/α,β-unsaturated/α-hetero) is 2. The third-order valence-corrected chi connectivity index (χ3v) is 4.97. The molecule has 3 aromatic rings. The predicted molar refractivity (Wildman–Crippen MR) is 100 cm³/mol. The van der Waals surface area contributed by atoms with Gasteiger partial charge < -0.3 is 9.32 Å². The molecule has 2 atom stereocenters. The van der Waals surface area contributed by atoms with Gasteiger partial charge in [0.15, 0.2) is 5.76 Å². The van der Waals surface area contributed by atoms with Crippen molar-refractivity contribution >= 4 is 17.5 Å². The molecule has 0 radical (unpaired) electrons. The van der Waals surface area contributed by atoms with Crippen molar-refractivity contribution in [2.45, 2.75) is 19.5 Å². The molecule has 4 rings (SSSR count). The minimum absolute atomic E-state index is 0.0262. The zero-order chi connectivity index (χ0) is 20.5. The molecule has 0 N–H and O–H groups in total. The zero-order valence-corrected chi connectivity index (χ0v) is 15.5. The monoisotopic (exact) mass is 392 g/mol. The maximum absolute atomic E-state index is 14.7. The van der Waals surface area contributed by atoms with Crippen LogP contribution < -0.4 is 0 Å². The van der Waals surface area contributed by atoms with Crippen molar-refractivity contribution in [3.05, 3.63) is 89.4 Å². The number of amides is 1. The normalized spacial score (nSPS) is 19.0. The van der Waals surface area contributed by atoms with Gasteiger partial charge in [0.2, 0.25) is 11.6 Å². The van der Waals surface area contributed by atoms with Crippen LogP contribution in [0.25, 0.3) is 0 Å². The van der Waals surface area contributed by atoms with Crippen molar-refractivity contribution in [2.75, 3.05) is 0 Å². The molecule has 6 nitrogen and oxygen atoms in total. The quantitative estimate of drug-likeness (QED) is 0.378. The lowest BCUT2D eigenvalue weighted by Crippen LogP contribution is -2.31. The summed E-state index contributed by atoms with van der Waals surface area (Å²) in [6.07, 6.45) is 3.14. The van der Waals surface area contributed by atoms with Crippen LogP contribution in [-0.4, -0.2) is 27.4 Å². The molecule has 146 valence electrons. The average molecular weight is 392 g/mol. The Bertz CT molecular complexity index is 1090. The molecule has 1 saturated heterocycles. The summed E-state index contributed by atoms with van der Waals surface area (Å²) in [5.41, 5.74) is 0.772. The number of furan rings is 1. The van der Waals surface area contributed by atoms with Crippen LogP contribution in [0.2, 0.25) is 0 Å². The molecule has 1 aromatic carbocycles. The van der Waals surface area contributed by atoms with Gasteiger partial charge in [-0.3, -0.25) is 19.4 Å². The predicted octanol–water partition coefficient (Wildman–Crippen LogP) is 3.27. The van der Waals surface area contributed by atoms with Gasteiger partial charge in [-0.05, 0) is 36.8 Å². The summed E-state index contributed by atoms with van der Waals surface area (Å²) in [4.78, 5) is 44.0. The third-order valence-electron chi connectivity index (χ3n) is 4.97. The summed E-state index contributed by atoms with van der Waals surface area (Å²) < 4.78 is 20.0. The average Bonchev–Trinajstić information content (AvgIpc) is 3.26. The second kappa shape index (κ2) is 7.43. The van der Waals surface area contributed by atoms with E-state index in [1.54, 1.807) is 43.6 Å². The summed E-state index contributed by atoms with van der Waals surface area (Å²) >= 11 is 0. The smallest absolute Gasteiger partial charge is 0.291 e. The number of aryl methyl sites for hydroxylation is 1. The maximum Gasteiger partial charge on any atom is 0.291 e. The lowest BCUT2D eigenvalue weighted by molar-refractivity contribution is -0.141. The van der Waals surface area contributed by atoms with E-state index < -0.39 is 35.3 Å². The van der Waals surface area contributed by atoms with Crippen molar-refractivity contribution in [3.8, 4) is 0 Å². The number of hydrogen-bond donors (Lipinski definition) is 0. The molecule has 1 fully saturated rings. The SMILES string of the molecule is Cc1ccc(C(=O)C2C(=O)C(=O)N(Cc3cccnc3)C2c2ccccc2F)o1. The molecule has 29 heavy (non-hydrogen) atoms. The fraction of sp³-hybridized carbons (Fsp3) is 0.182.